The summed E-state index contributed by atoms with van der Waals surface area (Å²) in [6.07, 6.45) is 3.18. The van der Waals surface area contributed by atoms with Crippen LogP contribution in [0.3, 0.4) is 0 Å². The Morgan fingerprint density at radius 3 is 2.44 bits per heavy atom. The van der Waals surface area contributed by atoms with Crippen LogP contribution in [0.15, 0.2) is 29.3 Å². The van der Waals surface area contributed by atoms with Crippen molar-refractivity contribution in [3.8, 4) is 5.75 Å². The molecule has 1 fully saturated rings. The Hall–Kier alpha value is -1.76. The number of rotatable bonds is 8. The second-order valence-corrected chi connectivity index (χ2v) is 10.6. The molecule has 1 aliphatic carbocycles. The number of para-hydroxylation sites is 1. The summed E-state index contributed by atoms with van der Waals surface area (Å²) >= 11 is 0. The lowest BCUT2D eigenvalue weighted by Crippen LogP contribution is -2.41. The maximum absolute atomic E-state index is 11.6. The molecule has 0 saturated heterocycles. The summed E-state index contributed by atoms with van der Waals surface area (Å²) in [5, 5.41) is 6.55. The van der Waals surface area contributed by atoms with Crippen LogP contribution in [-0.2, 0) is 16.4 Å². The van der Waals surface area contributed by atoms with Crippen LogP contribution in [0.1, 0.15) is 46.1 Å². The Morgan fingerprint density at radius 1 is 1.22 bits per heavy atom. The highest BCUT2D eigenvalue weighted by molar-refractivity contribution is 7.90. The molecule has 0 aromatic heterocycles. The van der Waals surface area contributed by atoms with Crippen molar-refractivity contribution in [3.05, 3.63) is 29.8 Å². The lowest BCUT2D eigenvalue weighted by molar-refractivity contribution is 0.129. The van der Waals surface area contributed by atoms with Crippen molar-refractivity contribution in [1.82, 2.24) is 10.6 Å². The maximum atomic E-state index is 11.6. The Labute approximate surface area is 163 Å². The average molecular weight is 396 g/mol. The summed E-state index contributed by atoms with van der Waals surface area (Å²) in [5.41, 5.74) is 0.603. The minimum atomic E-state index is -2.97. The number of benzene rings is 1. The molecule has 27 heavy (non-hydrogen) atoms. The van der Waals surface area contributed by atoms with Crippen LogP contribution >= 0.6 is 0 Å². The zero-order valence-electron chi connectivity index (χ0n) is 17.1. The van der Waals surface area contributed by atoms with Crippen molar-refractivity contribution < 1.29 is 13.2 Å². The van der Waals surface area contributed by atoms with Gasteiger partial charge in [-0.15, -0.1) is 0 Å². The molecule has 7 heteroatoms. The molecule has 0 unspecified atom stereocenters. The van der Waals surface area contributed by atoms with Gasteiger partial charge >= 0.3 is 0 Å². The number of nitrogens with zero attached hydrogens (tertiary/aromatic N) is 1. The van der Waals surface area contributed by atoms with Crippen LogP contribution < -0.4 is 15.4 Å². The van der Waals surface area contributed by atoms with Crippen molar-refractivity contribution in [2.24, 2.45) is 10.4 Å². The summed E-state index contributed by atoms with van der Waals surface area (Å²) in [7, 11) is -2.97. The van der Waals surface area contributed by atoms with Crippen molar-refractivity contribution in [2.45, 2.75) is 52.7 Å². The van der Waals surface area contributed by atoms with Crippen LogP contribution in [0, 0.1) is 5.41 Å². The molecule has 1 aromatic rings. The minimum absolute atomic E-state index is 0.142. The zero-order valence-corrected chi connectivity index (χ0v) is 17.9. The van der Waals surface area contributed by atoms with Gasteiger partial charge in [0.2, 0.25) is 0 Å². The lowest BCUT2D eigenvalue weighted by atomic mass is 10.1. The summed E-state index contributed by atoms with van der Waals surface area (Å²) in [6, 6.07) is 7.91. The summed E-state index contributed by atoms with van der Waals surface area (Å²) in [6.45, 7) is 9.93. The van der Waals surface area contributed by atoms with E-state index < -0.39 is 9.84 Å². The molecule has 2 N–H and O–H groups in total. The van der Waals surface area contributed by atoms with E-state index in [0.29, 0.717) is 19.0 Å². The van der Waals surface area contributed by atoms with E-state index >= 15 is 0 Å². The molecule has 1 aromatic carbocycles. The molecule has 0 radical (unpaired) electrons. The van der Waals surface area contributed by atoms with E-state index in [0.717, 1.165) is 30.7 Å². The first-order chi connectivity index (χ1) is 12.5. The van der Waals surface area contributed by atoms with Gasteiger partial charge in [-0.05, 0) is 46.6 Å². The van der Waals surface area contributed by atoms with Gasteiger partial charge in [0.25, 0.3) is 0 Å². The van der Waals surface area contributed by atoms with Crippen molar-refractivity contribution in [1.29, 1.82) is 0 Å². The van der Waals surface area contributed by atoms with Gasteiger partial charge in [-0.3, -0.25) is 0 Å². The Balaban J connectivity index is 2.04. The third-order valence-electron chi connectivity index (χ3n) is 4.30. The van der Waals surface area contributed by atoms with E-state index in [4.69, 9.17) is 4.74 Å². The topological polar surface area (TPSA) is 79.8 Å². The molecular formula is C20H33N3O3S. The highest BCUT2D eigenvalue weighted by atomic mass is 32.2. The monoisotopic (exact) mass is 395 g/mol. The number of hydrogen-bond acceptors (Lipinski definition) is 4. The SMILES string of the molecule is CCNC(=NCc1ccccc1OC(C)(C)C)NCC1(CS(C)(=O)=O)CC1. The predicted octanol–water partition coefficient (Wildman–Crippen LogP) is 2.74. The molecule has 6 nitrogen and oxygen atoms in total. The van der Waals surface area contributed by atoms with E-state index in [9.17, 15) is 8.42 Å². The van der Waals surface area contributed by atoms with Gasteiger partial charge in [-0.25, -0.2) is 13.4 Å². The van der Waals surface area contributed by atoms with Crippen LogP contribution in [-0.4, -0.2) is 45.1 Å². The predicted molar refractivity (Wildman–Crippen MR) is 111 cm³/mol. The van der Waals surface area contributed by atoms with Gasteiger partial charge in [-0.2, -0.15) is 0 Å². The Morgan fingerprint density at radius 2 is 1.89 bits per heavy atom. The Kier molecular flexibility index (Phi) is 6.78. The third-order valence-corrected chi connectivity index (χ3v) is 5.43. The fourth-order valence-electron chi connectivity index (χ4n) is 2.95. The fraction of sp³-hybridized carbons (Fsp3) is 0.650. The van der Waals surface area contributed by atoms with Crippen LogP contribution in [0.5, 0.6) is 5.75 Å². The second-order valence-electron chi connectivity index (χ2n) is 8.44. The molecular weight excluding hydrogens is 362 g/mol. The minimum Gasteiger partial charge on any atom is -0.488 e. The smallest absolute Gasteiger partial charge is 0.191 e. The van der Waals surface area contributed by atoms with Crippen molar-refractivity contribution >= 4 is 15.8 Å². The second kappa shape index (κ2) is 8.50. The number of aliphatic imine (C=N–C) groups is 1. The van der Waals surface area contributed by atoms with Crippen LogP contribution in [0.4, 0.5) is 0 Å². The van der Waals surface area contributed by atoms with E-state index in [1.54, 1.807) is 0 Å². The first-order valence-electron chi connectivity index (χ1n) is 9.49. The van der Waals surface area contributed by atoms with Crippen LogP contribution in [0.25, 0.3) is 0 Å². The first kappa shape index (κ1) is 21.5. The molecule has 1 saturated carbocycles. The third kappa shape index (κ3) is 7.79. The van der Waals surface area contributed by atoms with Gasteiger partial charge in [0.15, 0.2) is 5.96 Å². The van der Waals surface area contributed by atoms with Gasteiger partial charge in [-0.1, -0.05) is 18.2 Å². The molecule has 152 valence electrons. The molecule has 0 atom stereocenters. The molecule has 0 heterocycles. The number of guanidine groups is 1. The van der Waals surface area contributed by atoms with E-state index in [-0.39, 0.29) is 16.8 Å². The highest BCUT2D eigenvalue weighted by Gasteiger charge is 2.45. The summed E-state index contributed by atoms with van der Waals surface area (Å²) in [5.74, 6) is 1.76. The highest BCUT2D eigenvalue weighted by Crippen LogP contribution is 2.46. The van der Waals surface area contributed by atoms with E-state index in [1.165, 1.54) is 6.26 Å². The largest absolute Gasteiger partial charge is 0.488 e. The first-order valence-corrected chi connectivity index (χ1v) is 11.5. The van der Waals surface area contributed by atoms with Gasteiger partial charge in [0, 0.05) is 30.3 Å². The Bertz CT molecular complexity index is 763. The van der Waals surface area contributed by atoms with Gasteiger partial charge in [0.05, 0.1) is 12.3 Å². The molecule has 1 aliphatic rings. The molecule has 0 bridgehead atoms. The number of hydrogen-bond donors (Lipinski definition) is 2. The van der Waals surface area contributed by atoms with Gasteiger partial charge < -0.3 is 15.4 Å². The van der Waals surface area contributed by atoms with E-state index in [1.807, 2.05) is 52.0 Å². The molecule has 0 spiro atoms. The zero-order chi connectivity index (χ0) is 20.1. The van der Waals surface area contributed by atoms with E-state index in [2.05, 4.69) is 15.6 Å². The van der Waals surface area contributed by atoms with Gasteiger partial charge in [0.1, 0.15) is 21.2 Å². The number of sulfone groups is 1. The average Bonchev–Trinajstić information content (AvgIpc) is 3.27. The summed E-state index contributed by atoms with van der Waals surface area (Å²) in [4.78, 5) is 4.67. The quantitative estimate of drug-likeness (QED) is 0.523. The van der Waals surface area contributed by atoms with Crippen molar-refractivity contribution in [3.63, 3.8) is 0 Å². The molecule has 0 amide bonds. The van der Waals surface area contributed by atoms with Crippen LogP contribution in [0.2, 0.25) is 0 Å². The number of ether oxygens (including phenoxy) is 1. The summed E-state index contributed by atoms with van der Waals surface area (Å²) < 4.78 is 29.3. The lowest BCUT2D eigenvalue weighted by Gasteiger charge is -2.23. The normalized spacial score (nSPS) is 16.7. The number of nitrogens with one attached hydrogen (secondary N) is 2. The standard InChI is InChI=1S/C20H33N3O3S/c1-6-21-18(23-14-20(11-12-20)15-27(5,24)25)22-13-16-9-7-8-10-17(16)26-19(2,3)4/h7-10H,6,11-15H2,1-5H3,(H2,21,22,23). The maximum Gasteiger partial charge on any atom is 0.191 e. The van der Waals surface area contributed by atoms with Crippen molar-refractivity contribution in [2.75, 3.05) is 25.1 Å². The molecule has 0 aliphatic heterocycles. The molecule has 2 rings (SSSR count). The fourth-order valence-corrected chi connectivity index (χ4v) is 4.45.